The van der Waals surface area contributed by atoms with Crippen molar-refractivity contribution < 1.29 is 14.3 Å². The molecule has 0 bridgehead atoms. The van der Waals surface area contributed by atoms with Crippen molar-refractivity contribution in [2.45, 2.75) is 13.8 Å². The first kappa shape index (κ1) is 9.68. The van der Waals surface area contributed by atoms with Gasteiger partial charge in [-0.15, -0.1) is 0 Å². The lowest BCUT2D eigenvalue weighted by Crippen LogP contribution is -2.12. The predicted octanol–water partition coefficient (Wildman–Crippen LogP) is 0.199. The molecule has 0 unspecified atom stereocenters. The molecule has 0 aromatic rings. The Hall–Kier alpha value is -1.32. The highest BCUT2D eigenvalue weighted by atomic mass is 16.5. The lowest BCUT2D eigenvalue weighted by molar-refractivity contribution is -0.137. The molecule has 0 spiro atoms. The Labute approximate surface area is 65.2 Å². The maximum Gasteiger partial charge on any atom is 0.332 e. The summed E-state index contributed by atoms with van der Waals surface area (Å²) in [6, 6.07) is 0. The van der Waals surface area contributed by atoms with Crippen LogP contribution < -0.4 is 5.32 Å². The van der Waals surface area contributed by atoms with E-state index in [4.69, 9.17) is 0 Å². The fourth-order valence-electron chi connectivity index (χ4n) is 0.417. The van der Waals surface area contributed by atoms with E-state index in [0.29, 0.717) is 6.61 Å². The van der Waals surface area contributed by atoms with Gasteiger partial charge in [0.2, 0.25) is 5.91 Å². The number of ether oxygens (including phenoxy) is 1. The van der Waals surface area contributed by atoms with Crippen molar-refractivity contribution >= 4 is 11.9 Å². The normalized spacial score (nSPS) is 9.64. The Morgan fingerprint density at radius 1 is 1.55 bits per heavy atom. The van der Waals surface area contributed by atoms with Crippen molar-refractivity contribution in [1.29, 1.82) is 0 Å². The Balaban J connectivity index is 3.56. The fraction of sp³-hybridized carbons (Fsp3) is 0.429. The molecule has 0 aromatic heterocycles. The average molecular weight is 157 g/mol. The molecular formula is C7H11NO3. The molecule has 0 fully saturated rings. The van der Waals surface area contributed by atoms with Gasteiger partial charge in [0.15, 0.2) is 0 Å². The summed E-state index contributed by atoms with van der Waals surface area (Å²) in [5.41, 5.74) is 0. The van der Waals surface area contributed by atoms with Crippen LogP contribution in [0.4, 0.5) is 0 Å². The fourth-order valence-corrected chi connectivity index (χ4v) is 0.417. The molecule has 0 aromatic carbocycles. The van der Waals surface area contributed by atoms with Crippen molar-refractivity contribution in [2.24, 2.45) is 0 Å². The van der Waals surface area contributed by atoms with Crippen LogP contribution in [0.25, 0.3) is 0 Å². The van der Waals surface area contributed by atoms with Crippen LogP contribution in [0.1, 0.15) is 13.8 Å². The standard InChI is InChI=1S/C7H11NO3/c1-3-11-7(10)4-5-8-6(2)9/h4-5H,3H2,1-2H3,(H,8,9)/b5-4+. The number of carbonyl (C=O) groups excluding carboxylic acids is 2. The first-order valence-electron chi connectivity index (χ1n) is 3.27. The van der Waals surface area contributed by atoms with Gasteiger partial charge in [0.1, 0.15) is 0 Å². The summed E-state index contributed by atoms with van der Waals surface area (Å²) in [4.78, 5) is 20.8. The number of nitrogens with one attached hydrogen (secondary N) is 1. The van der Waals surface area contributed by atoms with Gasteiger partial charge in [0.05, 0.1) is 6.61 Å². The molecule has 0 heterocycles. The van der Waals surface area contributed by atoms with Gasteiger partial charge in [-0.2, -0.15) is 0 Å². The topological polar surface area (TPSA) is 55.4 Å². The zero-order chi connectivity index (χ0) is 8.69. The molecule has 0 radical (unpaired) electrons. The molecular weight excluding hydrogens is 146 g/mol. The molecule has 0 rings (SSSR count). The number of hydrogen-bond acceptors (Lipinski definition) is 3. The molecule has 62 valence electrons. The van der Waals surface area contributed by atoms with Crippen LogP contribution in [-0.4, -0.2) is 18.5 Å². The monoisotopic (exact) mass is 157 g/mol. The quantitative estimate of drug-likeness (QED) is 0.470. The molecule has 0 saturated heterocycles. The second kappa shape index (κ2) is 5.46. The maximum absolute atomic E-state index is 10.6. The summed E-state index contributed by atoms with van der Waals surface area (Å²) in [6.45, 7) is 3.41. The highest BCUT2D eigenvalue weighted by Crippen LogP contribution is 1.78. The molecule has 0 aliphatic rings. The van der Waals surface area contributed by atoms with E-state index in [-0.39, 0.29) is 5.91 Å². The minimum atomic E-state index is -0.457. The van der Waals surface area contributed by atoms with Crippen molar-refractivity contribution in [3.05, 3.63) is 12.3 Å². The minimum Gasteiger partial charge on any atom is -0.463 e. The van der Waals surface area contributed by atoms with Gasteiger partial charge < -0.3 is 10.1 Å². The van der Waals surface area contributed by atoms with Gasteiger partial charge in [-0.1, -0.05) is 0 Å². The van der Waals surface area contributed by atoms with E-state index in [9.17, 15) is 9.59 Å². The van der Waals surface area contributed by atoms with Gasteiger partial charge in [-0.3, -0.25) is 4.79 Å². The highest BCUT2D eigenvalue weighted by Gasteiger charge is 1.91. The third-order valence-corrected chi connectivity index (χ3v) is 0.793. The third kappa shape index (κ3) is 6.57. The summed E-state index contributed by atoms with van der Waals surface area (Å²) in [5.74, 6) is -0.674. The summed E-state index contributed by atoms with van der Waals surface area (Å²) < 4.78 is 4.55. The van der Waals surface area contributed by atoms with Gasteiger partial charge in [0, 0.05) is 19.2 Å². The zero-order valence-electron chi connectivity index (χ0n) is 6.59. The molecule has 1 N–H and O–H groups in total. The van der Waals surface area contributed by atoms with Crippen LogP contribution in [0.5, 0.6) is 0 Å². The number of esters is 1. The lowest BCUT2D eigenvalue weighted by atomic mass is 10.6. The Morgan fingerprint density at radius 2 is 2.18 bits per heavy atom. The Bertz CT molecular complexity index is 175. The Kier molecular flexibility index (Phi) is 4.81. The predicted molar refractivity (Wildman–Crippen MR) is 39.6 cm³/mol. The van der Waals surface area contributed by atoms with Crippen molar-refractivity contribution in [3.63, 3.8) is 0 Å². The minimum absolute atomic E-state index is 0.217. The third-order valence-electron chi connectivity index (χ3n) is 0.793. The van der Waals surface area contributed by atoms with E-state index in [0.717, 1.165) is 6.08 Å². The average Bonchev–Trinajstić information content (AvgIpc) is 1.87. The molecule has 1 amide bonds. The van der Waals surface area contributed by atoms with E-state index in [1.165, 1.54) is 13.1 Å². The highest BCUT2D eigenvalue weighted by molar-refractivity contribution is 5.83. The SMILES string of the molecule is CCOC(=O)/C=C/NC(C)=O. The van der Waals surface area contributed by atoms with Crippen LogP contribution in [0.2, 0.25) is 0 Å². The van der Waals surface area contributed by atoms with Gasteiger partial charge >= 0.3 is 5.97 Å². The number of rotatable bonds is 3. The number of amides is 1. The van der Waals surface area contributed by atoms with Gasteiger partial charge in [0.25, 0.3) is 0 Å². The lowest BCUT2D eigenvalue weighted by Gasteiger charge is -1.94. The van der Waals surface area contributed by atoms with Crippen molar-refractivity contribution in [3.8, 4) is 0 Å². The van der Waals surface area contributed by atoms with E-state index in [1.54, 1.807) is 6.92 Å². The van der Waals surface area contributed by atoms with Crippen LogP contribution in [-0.2, 0) is 14.3 Å². The molecule has 0 saturated carbocycles. The molecule has 0 atom stereocenters. The summed E-state index contributed by atoms with van der Waals surface area (Å²) in [7, 11) is 0. The zero-order valence-corrected chi connectivity index (χ0v) is 6.59. The second-order valence-electron chi connectivity index (χ2n) is 1.79. The molecule has 0 aliphatic carbocycles. The van der Waals surface area contributed by atoms with Crippen LogP contribution in [0.3, 0.4) is 0 Å². The maximum atomic E-state index is 10.6. The second-order valence-corrected chi connectivity index (χ2v) is 1.79. The van der Waals surface area contributed by atoms with E-state index in [2.05, 4.69) is 10.1 Å². The summed E-state index contributed by atoms with van der Waals surface area (Å²) >= 11 is 0. The van der Waals surface area contributed by atoms with E-state index >= 15 is 0 Å². The molecule has 4 heteroatoms. The Morgan fingerprint density at radius 3 is 2.64 bits per heavy atom. The smallest absolute Gasteiger partial charge is 0.332 e. The van der Waals surface area contributed by atoms with Crippen molar-refractivity contribution in [2.75, 3.05) is 6.61 Å². The molecule has 11 heavy (non-hydrogen) atoms. The number of hydrogen-bond donors (Lipinski definition) is 1. The largest absolute Gasteiger partial charge is 0.463 e. The molecule has 0 aliphatic heterocycles. The molecule has 4 nitrogen and oxygen atoms in total. The van der Waals surface area contributed by atoms with Gasteiger partial charge in [-0.05, 0) is 6.92 Å². The van der Waals surface area contributed by atoms with Crippen LogP contribution >= 0.6 is 0 Å². The van der Waals surface area contributed by atoms with Crippen LogP contribution in [0.15, 0.2) is 12.3 Å². The van der Waals surface area contributed by atoms with Crippen LogP contribution in [0, 0.1) is 0 Å². The number of carbonyl (C=O) groups is 2. The van der Waals surface area contributed by atoms with Gasteiger partial charge in [-0.25, -0.2) is 4.79 Å². The summed E-state index contributed by atoms with van der Waals surface area (Å²) in [6.07, 6.45) is 2.41. The first-order chi connectivity index (χ1) is 5.16. The van der Waals surface area contributed by atoms with E-state index < -0.39 is 5.97 Å². The van der Waals surface area contributed by atoms with Crippen molar-refractivity contribution in [1.82, 2.24) is 5.32 Å². The first-order valence-corrected chi connectivity index (χ1v) is 3.27. The summed E-state index contributed by atoms with van der Waals surface area (Å²) in [5, 5.41) is 2.31. The van der Waals surface area contributed by atoms with E-state index in [1.807, 2.05) is 0 Å².